The minimum atomic E-state index is -0.423. The van der Waals surface area contributed by atoms with Gasteiger partial charge < -0.3 is 28.8 Å². The number of hydrogen-bond acceptors (Lipinski definition) is 7. The molecule has 0 bridgehead atoms. The van der Waals surface area contributed by atoms with E-state index < -0.39 is 5.97 Å². The molecule has 0 saturated carbocycles. The summed E-state index contributed by atoms with van der Waals surface area (Å²) in [4.78, 5) is 40.6. The van der Waals surface area contributed by atoms with Gasteiger partial charge in [-0.05, 0) is 55.0 Å². The number of carbonyl (C=O) groups excluding carboxylic acids is 2. The zero-order valence-corrected chi connectivity index (χ0v) is 23.3. The molecule has 212 valence electrons. The molecule has 1 amide bonds. The second-order valence-electron chi connectivity index (χ2n) is 10.4. The molecule has 1 aliphatic heterocycles. The first-order chi connectivity index (χ1) is 19.8. The van der Waals surface area contributed by atoms with Gasteiger partial charge in [-0.2, -0.15) is 0 Å². The topological polar surface area (TPSA) is 123 Å². The fourth-order valence-corrected chi connectivity index (χ4v) is 5.86. The molecular formula is C30H32N6O5. The van der Waals surface area contributed by atoms with E-state index in [9.17, 15) is 14.4 Å². The minimum Gasteiger partial charge on any atom is -0.480 e. The lowest BCUT2D eigenvalue weighted by molar-refractivity contribution is -0.142. The number of aromatic amines is 1. The number of aromatic nitrogens is 4. The molecule has 4 heterocycles. The van der Waals surface area contributed by atoms with Crippen LogP contribution in [0.5, 0.6) is 5.88 Å². The number of anilines is 3. The number of methoxy groups -OCH3 is 1. The Balaban J connectivity index is 1.42. The molecule has 11 heteroatoms. The third kappa shape index (κ3) is 4.88. The standard InChI is InChI=1S/C30H32N6O5/c1-18(37)41-17-22-21(20-13-23(29(38)34(2)16-20)31-27-15-28(40-3)33-32-27)8-6-10-25(22)36-12-11-35-24-9-5-4-7-19(24)14-26(35)30(36)39/h6,8,10,13-16H,4-5,7,9,11-12,17H2,1-3H3,(H2,31,32,33). The van der Waals surface area contributed by atoms with Crippen molar-refractivity contribution < 1.29 is 19.1 Å². The largest absolute Gasteiger partial charge is 0.480 e. The lowest BCUT2D eigenvalue weighted by Gasteiger charge is -2.32. The van der Waals surface area contributed by atoms with Gasteiger partial charge in [0.2, 0.25) is 5.88 Å². The van der Waals surface area contributed by atoms with Gasteiger partial charge in [-0.25, -0.2) is 0 Å². The van der Waals surface area contributed by atoms with E-state index in [1.54, 1.807) is 30.3 Å². The second kappa shape index (κ2) is 10.6. The SMILES string of the molecule is COc1cc(Nc2cc(-c3cccc(N4CCn5c(cc6c5CCCC6)C4=O)c3COC(C)=O)cn(C)c2=O)[nH]n1. The number of hydrogen-bond donors (Lipinski definition) is 2. The van der Waals surface area contributed by atoms with Crippen molar-refractivity contribution in [1.29, 1.82) is 0 Å². The van der Waals surface area contributed by atoms with Crippen LogP contribution < -0.4 is 20.5 Å². The van der Waals surface area contributed by atoms with Crippen LogP contribution in [0.1, 0.15) is 47.1 Å². The predicted molar refractivity (Wildman–Crippen MR) is 154 cm³/mol. The van der Waals surface area contributed by atoms with E-state index >= 15 is 0 Å². The zero-order valence-electron chi connectivity index (χ0n) is 23.3. The van der Waals surface area contributed by atoms with Crippen LogP contribution in [0.25, 0.3) is 11.1 Å². The average Bonchev–Trinajstić information content (AvgIpc) is 3.59. The summed E-state index contributed by atoms with van der Waals surface area (Å²) in [6, 6.07) is 11.1. The van der Waals surface area contributed by atoms with Crippen LogP contribution in [0.15, 0.2) is 47.4 Å². The number of nitrogens with zero attached hydrogens (tertiary/aromatic N) is 4. The summed E-state index contributed by atoms with van der Waals surface area (Å²) in [5, 5.41) is 9.90. The average molecular weight is 557 g/mol. The van der Waals surface area contributed by atoms with E-state index in [4.69, 9.17) is 9.47 Å². The molecular weight excluding hydrogens is 524 g/mol. The highest BCUT2D eigenvalue weighted by Crippen LogP contribution is 2.36. The first-order valence-electron chi connectivity index (χ1n) is 13.7. The number of carbonyl (C=O) groups is 2. The van der Waals surface area contributed by atoms with Crippen molar-refractivity contribution in [1.82, 2.24) is 19.3 Å². The number of esters is 1. The molecule has 0 atom stereocenters. The van der Waals surface area contributed by atoms with Crippen molar-refractivity contribution in [3.63, 3.8) is 0 Å². The number of aryl methyl sites for hydroxylation is 2. The Labute approximate surface area is 236 Å². The summed E-state index contributed by atoms with van der Waals surface area (Å²) in [6.45, 7) is 2.55. The molecule has 1 aliphatic carbocycles. The smallest absolute Gasteiger partial charge is 0.302 e. The van der Waals surface area contributed by atoms with Crippen LogP contribution in [0, 0.1) is 0 Å². The third-order valence-electron chi connectivity index (χ3n) is 7.81. The molecule has 6 rings (SSSR count). The number of amides is 1. The molecule has 0 unspecified atom stereocenters. The molecule has 1 aromatic carbocycles. The fraction of sp³-hybridized carbons (Fsp3) is 0.333. The van der Waals surface area contributed by atoms with Crippen molar-refractivity contribution in [3.8, 4) is 17.0 Å². The van der Waals surface area contributed by atoms with E-state index in [-0.39, 0.29) is 18.1 Å². The Kier molecular flexibility index (Phi) is 6.86. The summed E-state index contributed by atoms with van der Waals surface area (Å²) in [7, 11) is 3.18. The monoisotopic (exact) mass is 556 g/mol. The molecule has 11 nitrogen and oxygen atoms in total. The van der Waals surface area contributed by atoms with Crippen LogP contribution in [0.3, 0.4) is 0 Å². The van der Waals surface area contributed by atoms with E-state index in [0.717, 1.165) is 31.2 Å². The van der Waals surface area contributed by atoms with Crippen molar-refractivity contribution in [2.45, 2.75) is 45.8 Å². The summed E-state index contributed by atoms with van der Waals surface area (Å²) in [6.07, 6.45) is 6.03. The number of H-pyrrole nitrogens is 1. The summed E-state index contributed by atoms with van der Waals surface area (Å²) in [5.41, 5.74) is 6.17. The van der Waals surface area contributed by atoms with Gasteiger partial charge in [0.25, 0.3) is 11.5 Å². The van der Waals surface area contributed by atoms with Crippen molar-refractivity contribution in [2.24, 2.45) is 7.05 Å². The van der Waals surface area contributed by atoms with Gasteiger partial charge in [0.15, 0.2) is 0 Å². The molecule has 0 spiro atoms. The number of fused-ring (bicyclic) bond motifs is 3. The quantitative estimate of drug-likeness (QED) is 0.331. The Bertz CT molecular complexity index is 1710. The van der Waals surface area contributed by atoms with Crippen molar-refractivity contribution in [3.05, 3.63) is 75.5 Å². The Morgan fingerprint density at radius 2 is 1.95 bits per heavy atom. The first-order valence-corrected chi connectivity index (χ1v) is 13.7. The van der Waals surface area contributed by atoms with Gasteiger partial charge >= 0.3 is 5.97 Å². The van der Waals surface area contributed by atoms with Crippen molar-refractivity contribution >= 4 is 29.1 Å². The second-order valence-corrected chi connectivity index (χ2v) is 10.4. The molecule has 2 N–H and O–H groups in total. The zero-order chi connectivity index (χ0) is 28.7. The molecule has 3 aromatic heterocycles. The van der Waals surface area contributed by atoms with E-state index in [1.165, 1.54) is 29.9 Å². The van der Waals surface area contributed by atoms with Gasteiger partial charge in [0.1, 0.15) is 23.8 Å². The molecule has 0 saturated heterocycles. The summed E-state index contributed by atoms with van der Waals surface area (Å²) in [5.74, 6) is 0.390. The Morgan fingerprint density at radius 3 is 2.73 bits per heavy atom. The Morgan fingerprint density at radius 1 is 1.12 bits per heavy atom. The predicted octanol–water partition coefficient (Wildman–Crippen LogP) is 3.93. The van der Waals surface area contributed by atoms with E-state index in [2.05, 4.69) is 20.1 Å². The van der Waals surface area contributed by atoms with Gasteiger partial charge in [0, 0.05) is 56.1 Å². The van der Waals surface area contributed by atoms with E-state index in [1.807, 2.05) is 24.3 Å². The maximum atomic E-state index is 13.9. The number of ether oxygens (including phenoxy) is 2. The van der Waals surface area contributed by atoms with Gasteiger partial charge in [-0.1, -0.05) is 12.1 Å². The minimum absolute atomic E-state index is 0.0223. The van der Waals surface area contributed by atoms with Crippen LogP contribution in [-0.2, 0) is 42.6 Å². The molecule has 0 radical (unpaired) electrons. The van der Waals surface area contributed by atoms with Gasteiger partial charge in [-0.15, -0.1) is 5.10 Å². The summed E-state index contributed by atoms with van der Waals surface area (Å²) >= 11 is 0. The number of rotatable bonds is 7. The fourth-order valence-electron chi connectivity index (χ4n) is 5.86. The molecule has 41 heavy (non-hydrogen) atoms. The highest BCUT2D eigenvalue weighted by Gasteiger charge is 2.32. The maximum Gasteiger partial charge on any atom is 0.302 e. The number of benzene rings is 1. The van der Waals surface area contributed by atoms with E-state index in [0.29, 0.717) is 53.0 Å². The Hall–Kier alpha value is -4.80. The lowest BCUT2D eigenvalue weighted by Crippen LogP contribution is -2.41. The van der Waals surface area contributed by atoms with Crippen LogP contribution in [0.4, 0.5) is 17.2 Å². The lowest BCUT2D eigenvalue weighted by atomic mass is 9.98. The molecule has 4 aromatic rings. The van der Waals surface area contributed by atoms with Crippen LogP contribution in [-0.4, -0.2) is 44.9 Å². The maximum absolute atomic E-state index is 13.9. The first kappa shape index (κ1) is 26.4. The third-order valence-corrected chi connectivity index (χ3v) is 7.81. The van der Waals surface area contributed by atoms with Gasteiger partial charge in [0.05, 0.1) is 12.8 Å². The van der Waals surface area contributed by atoms with Crippen LogP contribution in [0.2, 0.25) is 0 Å². The van der Waals surface area contributed by atoms with Gasteiger partial charge in [-0.3, -0.25) is 19.5 Å². The van der Waals surface area contributed by atoms with Crippen molar-refractivity contribution in [2.75, 3.05) is 23.9 Å². The number of pyridine rings is 1. The molecule has 2 aliphatic rings. The van der Waals surface area contributed by atoms with Crippen LogP contribution >= 0.6 is 0 Å². The normalized spacial score (nSPS) is 14.4. The highest BCUT2D eigenvalue weighted by atomic mass is 16.5. The molecule has 0 fully saturated rings. The highest BCUT2D eigenvalue weighted by molar-refractivity contribution is 6.07. The summed E-state index contributed by atoms with van der Waals surface area (Å²) < 4.78 is 14.3. The number of nitrogens with one attached hydrogen (secondary N) is 2.